The van der Waals surface area contributed by atoms with Crippen LogP contribution in [0.1, 0.15) is 0 Å². The molecule has 3 aromatic rings. The zero-order valence-corrected chi connectivity index (χ0v) is 12.3. The Labute approximate surface area is 129 Å². The second-order valence-corrected chi connectivity index (χ2v) is 5.71. The van der Waals surface area contributed by atoms with Gasteiger partial charge in [0.15, 0.2) is 0 Å². The molecule has 21 heavy (non-hydrogen) atoms. The molecule has 0 atom stereocenters. The van der Waals surface area contributed by atoms with Gasteiger partial charge in [-0.15, -0.1) is 0 Å². The van der Waals surface area contributed by atoms with E-state index in [1.165, 1.54) is 21.2 Å². The molecule has 0 aromatic heterocycles. The van der Waals surface area contributed by atoms with Gasteiger partial charge in [0.25, 0.3) is 0 Å². The van der Waals surface area contributed by atoms with Gasteiger partial charge in [0.2, 0.25) is 0 Å². The summed E-state index contributed by atoms with van der Waals surface area (Å²) in [5.74, 6) is 0. The number of nitrogens with one attached hydrogen (secondary N) is 1. The molecular formula is C18H16N2S. The first-order chi connectivity index (χ1) is 10.3. The van der Waals surface area contributed by atoms with Crippen molar-refractivity contribution in [2.45, 2.75) is 9.79 Å². The van der Waals surface area contributed by atoms with Crippen LogP contribution in [0.4, 0.5) is 17.1 Å². The number of rotatable bonds is 0. The molecule has 0 amide bonds. The maximum absolute atomic E-state index is 5.36. The third-order valence-corrected chi connectivity index (χ3v) is 4.21. The van der Waals surface area contributed by atoms with Crippen LogP contribution in [0.25, 0.3) is 0 Å². The summed E-state index contributed by atoms with van der Waals surface area (Å²) in [6.45, 7) is 0. The van der Waals surface area contributed by atoms with E-state index in [1.54, 1.807) is 0 Å². The number of anilines is 3. The zero-order chi connectivity index (χ0) is 14.5. The molecule has 0 radical (unpaired) electrons. The van der Waals surface area contributed by atoms with Crippen molar-refractivity contribution >= 4 is 28.8 Å². The molecule has 3 heteroatoms. The molecule has 1 aliphatic heterocycles. The molecule has 3 aromatic carbocycles. The van der Waals surface area contributed by atoms with E-state index in [0.29, 0.717) is 0 Å². The summed E-state index contributed by atoms with van der Waals surface area (Å²) in [4.78, 5) is 2.59. The van der Waals surface area contributed by atoms with Gasteiger partial charge >= 0.3 is 0 Å². The van der Waals surface area contributed by atoms with Gasteiger partial charge in [-0.25, -0.2) is 0 Å². The number of para-hydroxylation sites is 3. The van der Waals surface area contributed by atoms with Crippen LogP contribution in [0.5, 0.6) is 0 Å². The Kier molecular flexibility index (Phi) is 4.12. The highest BCUT2D eigenvalue weighted by Crippen LogP contribution is 2.43. The smallest absolute Gasteiger partial charge is 0.0526 e. The molecule has 3 N–H and O–H groups in total. The second-order valence-electron chi connectivity index (χ2n) is 4.63. The van der Waals surface area contributed by atoms with Crippen LogP contribution in [0.3, 0.4) is 0 Å². The van der Waals surface area contributed by atoms with Gasteiger partial charge < -0.3 is 11.1 Å². The second kappa shape index (κ2) is 6.37. The minimum Gasteiger partial charge on any atom is -0.399 e. The third kappa shape index (κ3) is 3.38. The average molecular weight is 292 g/mol. The first-order valence-electron chi connectivity index (χ1n) is 6.76. The fourth-order valence-corrected chi connectivity index (χ4v) is 3.02. The van der Waals surface area contributed by atoms with Gasteiger partial charge in [-0.3, -0.25) is 0 Å². The summed E-state index contributed by atoms with van der Waals surface area (Å²) in [5, 5.41) is 3.42. The molecule has 2 nitrogen and oxygen atoms in total. The van der Waals surface area contributed by atoms with E-state index >= 15 is 0 Å². The number of nitrogens with two attached hydrogens (primary N) is 1. The largest absolute Gasteiger partial charge is 0.399 e. The molecule has 0 spiro atoms. The number of hydrogen-bond donors (Lipinski definition) is 2. The summed E-state index contributed by atoms with van der Waals surface area (Å²) < 4.78 is 0. The van der Waals surface area contributed by atoms with E-state index in [0.717, 1.165) is 5.69 Å². The molecule has 0 saturated carbocycles. The standard InChI is InChI=1S/C12H9NS.C6H7N/c1-3-7-11-9(5-1)13-10-6-2-4-8-12(10)14-11;7-6-4-2-1-3-5-6/h1-8,13H;1-5H,7H2. The zero-order valence-electron chi connectivity index (χ0n) is 11.5. The maximum atomic E-state index is 5.36. The molecule has 0 fully saturated rings. The Morgan fingerprint density at radius 3 is 1.57 bits per heavy atom. The van der Waals surface area contributed by atoms with E-state index in [2.05, 4.69) is 53.8 Å². The average Bonchev–Trinajstić information content (AvgIpc) is 2.54. The molecule has 4 rings (SSSR count). The Morgan fingerprint density at radius 1 is 0.619 bits per heavy atom. The molecular weight excluding hydrogens is 276 g/mol. The van der Waals surface area contributed by atoms with Crippen molar-refractivity contribution in [3.8, 4) is 0 Å². The van der Waals surface area contributed by atoms with E-state index in [9.17, 15) is 0 Å². The summed E-state index contributed by atoms with van der Waals surface area (Å²) >= 11 is 1.82. The molecule has 1 heterocycles. The minimum atomic E-state index is 0.822. The van der Waals surface area contributed by atoms with Gasteiger partial charge in [-0.1, -0.05) is 54.2 Å². The molecule has 0 unspecified atom stereocenters. The molecule has 0 aliphatic carbocycles. The first kappa shape index (κ1) is 13.6. The Balaban J connectivity index is 0.000000160. The lowest BCUT2D eigenvalue weighted by molar-refractivity contribution is 1.32. The van der Waals surface area contributed by atoms with Crippen LogP contribution in [-0.2, 0) is 0 Å². The topological polar surface area (TPSA) is 38.0 Å². The van der Waals surface area contributed by atoms with Crippen LogP contribution in [0, 0.1) is 0 Å². The minimum absolute atomic E-state index is 0.822. The van der Waals surface area contributed by atoms with Gasteiger partial charge in [0.1, 0.15) is 0 Å². The van der Waals surface area contributed by atoms with Crippen molar-refractivity contribution < 1.29 is 0 Å². The Bertz CT molecular complexity index is 639. The number of benzene rings is 3. The molecule has 1 aliphatic rings. The maximum Gasteiger partial charge on any atom is 0.0526 e. The lowest BCUT2D eigenvalue weighted by atomic mass is 10.2. The normalized spacial score (nSPS) is 11.2. The van der Waals surface area contributed by atoms with Gasteiger partial charge in [0, 0.05) is 15.5 Å². The number of nitrogen functional groups attached to an aromatic ring is 1. The summed E-state index contributed by atoms with van der Waals surface area (Å²) in [6.07, 6.45) is 0. The van der Waals surface area contributed by atoms with Crippen LogP contribution in [-0.4, -0.2) is 0 Å². The van der Waals surface area contributed by atoms with E-state index in [4.69, 9.17) is 5.73 Å². The van der Waals surface area contributed by atoms with Crippen molar-refractivity contribution in [1.29, 1.82) is 0 Å². The molecule has 0 bridgehead atoms. The third-order valence-electron chi connectivity index (χ3n) is 3.06. The predicted octanol–water partition coefficient (Wildman–Crippen LogP) is 5.16. The quantitative estimate of drug-likeness (QED) is 0.439. The van der Waals surface area contributed by atoms with Crippen LogP contribution in [0.2, 0.25) is 0 Å². The monoisotopic (exact) mass is 292 g/mol. The highest BCUT2D eigenvalue weighted by atomic mass is 32.2. The summed E-state index contributed by atoms with van der Waals surface area (Å²) in [6, 6.07) is 26.2. The summed E-state index contributed by atoms with van der Waals surface area (Å²) in [7, 11) is 0. The van der Waals surface area contributed by atoms with Gasteiger partial charge in [-0.05, 0) is 36.4 Å². The Morgan fingerprint density at radius 2 is 1.10 bits per heavy atom. The number of hydrogen-bond acceptors (Lipinski definition) is 3. The fraction of sp³-hybridized carbons (Fsp3) is 0. The van der Waals surface area contributed by atoms with Gasteiger partial charge in [-0.2, -0.15) is 0 Å². The van der Waals surface area contributed by atoms with E-state index < -0.39 is 0 Å². The van der Waals surface area contributed by atoms with E-state index in [1.807, 2.05) is 42.1 Å². The fourth-order valence-electron chi connectivity index (χ4n) is 2.03. The van der Waals surface area contributed by atoms with Crippen molar-refractivity contribution in [3.63, 3.8) is 0 Å². The van der Waals surface area contributed by atoms with Gasteiger partial charge in [0.05, 0.1) is 11.4 Å². The van der Waals surface area contributed by atoms with Crippen LogP contribution in [0.15, 0.2) is 88.7 Å². The highest BCUT2D eigenvalue weighted by molar-refractivity contribution is 7.99. The van der Waals surface area contributed by atoms with E-state index in [-0.39, 0.29) is 0 Å². The Hall–Kier alpha value is -2.39. The van der Waals surface area contributed by atoms with Crippen molar-refractivity contribution in [2.24, 2.45) is 0 Å². The highest BCUT2D eigenvalue weighted by Gasteiger charge is 2.13. The summed E-state index contributed by atoms with van der Waals surface area (Å²) in [5.41, 5.74) is 8.59. The SMILES string of the molecule is Nc1ccccc1.c1ccc2c(c1)Nc1ccccc1S2. The van der Waals surface area contributed by atoms with Crippen LogP contribution >= 0.6 is 11.8 Å². The molecule has 104 valence electrons. The predicted molar refractivity (Wildman–Crippen MR) is 91.1 cm³/mol. The lowest BCUT2D eigenvalue weighted by Crippen LogP contribution is -1.98. The van der Waals surface area contributed by atoms with Crippen LogP contribution < -0.4 is 11.1 Å². The first-order valence-corrected chi connectivity index (χ1v) is 7.58. The molecule has 0 saturated heterocycles. The van der Waals surface area contributed by atoms with Crippen molar-refractivity contribution in [3.05, 3.63) is 78.9 Å². The number of fused-ring (bicyclic) bond motifs is 2. The van der Waals surface area contributed by atoms with Crippen molar-refractivity contribution in [1.82, 2.24) is 0 Å². The lowest BCUT2D eigenvalue weighted by Gasteiger charge is -2.19. The van der Waals surface area contributed by atoms with Crippen molar-refractivity contribution in [2.75, 3.05) is 11.1 Å².